The first-order valence-electron chi connectivity index (χ1n) is 9.93. The molecule has 7 heteroatoms. The Balaban J connectivity index is 1.67. The molecule has 0 saturated carbocycles. The Bertz CT molecular complexity index is 1010. The molecule has 158 valence electrons. The molecule has 0 atom stereocenters. The second-order valence-electron chi connectivity index (χ2n) is 7.91. The number of aromatic nitrogens is 3. The molecule has 3 rings (SSSR count). The van der Waals surface area contributed by atoms with Crippen LogP contribution in [0.5, 0.6) is 5.75 Å². The summed E-state index contributed by atoms with van der Waals surface area (Å²) in [7, 11) is 1.64. The topological polar surface area (TPSA) is 69.0 Å². The molecule has 1 heterocycles. The van der Waals surface area contributed by atoms with Crippen LogP contribution in [0.1, 0.15) is 33.3 Å². The van der Waals surface area contributed by atoms with Crippen LogP contribution in [0.25, 0.3) is 11.4 Å². The second-order valence-corrected chi connectivity index (χ2v) is 8.86. The second kappa shape index (κ2) is 9.34. The van der Waals surface area contributed by atoms with Gasteiger partial charge in [0.15, 0.2) is 11.0 Å². The minimum Gasteiger partial charge on any atom is -0.496 e. The Morgan fingerprint density at radius 2 is 1.80 bits per heavy atom. The van der Waals surface area contributed by atoms with Crippen molar-refractivity contribution in [1.29, 1.82) is 0 Å². The molecule has 0 aliphatic heterocycles. The van der Waals surface area contributed by atoms with E-state index in [2.05, 4.69) is 48.4 Å². The van der Waals surface area contributed by atoms with E-state index in [9.17, 15) is 4.79 Å². The molecular weight excluding hydrogens is 396 g/mol. The van der Waals surface area contributed by atoms with Gasteiger partial charge >= 0.3 is 0 Å². The number of nitrogens with zero attached hydrogens (tertiary/aromatic N) is 3. The molecule has 2 aromatic carbocycles. The van der Waals surface area contributed by atoms with Gasteiger partial charge in [0.2, 0.25) is 5.91 Å². The molecule has 0 bridgehead atoms. The predicted molar refractivity (Wildman–Crippen MR) is 122 cm³/mol. The summed E-state index contributed by atoms with van der Waals surface area (Å²) in [4.78, 5) is 12.4. The van der Waals surface area contributed by atoms with E-state index in [0.717, 1.165) is 22.8 Å². The van der Waals surface area contributed by atoms with Crippen molar-refractivity contribution in [3.05, 3.63) is 54.1 Å². The smallest absolute Gasteiger partial charge is 0.234 e. The van der Waals surface area contributed by atoms with Gasteiger partial charge in [0.05, 0.1) is 18.4 Å². The minimum absolute atomic E-state index is 0.0759. The molecule has 6 nitrogen and oxygen atoms in total. The number of amides is 1. The molecule has 0 aliphatic rings. The molecule has 1 N–H and O–H groups in total. The lowest BCUT2D eigenvalue weighted by atomic mass is 9.87. The molecule has 3 aromatic rings. The zero-order valence-electron chi connectivity index (χ0n) is 18.1. The molecule has 0 aliphatic carbocycles. The van der Waals surface area contributed by atoms with E-state index in [1.165, 1.54) is 17.3 Å². The Morgan fingerprint density at radius 1 is 1.10 bits per heavy atom. The maximum atomic E-state index is 12.4. The number of nitrogens with one attached hydrogen (secondary N) is 1. The van der Waals surface area contributed by atoms with Gasteiger partial charge < -0.3 is 14.6 Å². The lowest BCUT2D eigenvalue weighted by molar-refractivity contribution is -0.113. The van der Waals surface area contributed by atoms with E-state index in [0.29, 0.717) is 11.7 Å². The van der Waals surface area contributed by atoms with E-state index in [-0.39, 0.29) is 17.1 Å². The van der Waals surface area contributed by atoms with Crippen molar-refractivity contribution in [2.24, 2.45) is 0 Å². The van der Waals surface area contributed by atoms with Crippen LogP contribution >= 0.6 is 11.8 Å². The summed E-state index contributed by atoms with van der Waals surface area (Å²) in [5, 5.41) is 12.3. The third kappa shape index (κ3) is 5.02. The maximum Gasteiger partial charge on any atom is 0.234 e. The summed E-state index contributed by atoms with van der Waals surface area (Å²) < 4.78 is 7.44. The first-order valence-corrected chi connectivity index (χ1v) is 10.9. The number of anilines is 1. The summed E-state index contributed by atoms with van der Waals surface area (Å²) in [6.45, 7) is 9.23. The average molecular weight is 425 g/mol. The van der Waals surface area contributed by atoms with E-state index in [1.807, 2.05) is 47.9 Å². The first kappa shape index (κ1) is 21.9. The Hall–Kier alpha value is -2.80. The van der Waals surface area contributed by atoms with Gasteiger partial charge in [-0.2, -0.15) is 0 Å². The minimum atomic E-state index is -0.0759. The van der Waals surface area contributed by atoms with Crippen LogP contribution in [0.2, 0.25) is 0 Å². The van der Waals surface area contributed by atoms with Gasteiger partial charge in [-0.15, -0.1) is 10.2 Å². The molecule has 0 fully saturated rings. The van der Waals surface area contributed by atoms with Crippen LogP contribution in [0.15, 0.2) is 53.7 Å². The fourth-order valence-electron chi connectivity index (χ4n) is 3.09. The number of rotatable bonds is 7. The van der Waals surface area contributed by atoms with Crippen LogP contribution in [0.4, 0.5) is 5.69 Å². The summed E-state index contributed by atoms with van der Waals surface area (Å²) in [5.74, 6) is 1.65. The Labute approximate surface area is 182 Å². The largest absolute Gasteiger partial charge is 0.496 e. The highest BCUT2D eigenvalue weighted by Gasteiger charge is 2.17. The summed E-state index contributed by atoms with van der Waals surface area (Å²) >= 11 is 1.37. The van der Waals surface area contributed by atoms with Crippen LogP contribution in [-0.4, -0.2) is 33.5 Å². The summed E-state index contributed by atoms with van der Waals surface area (Å²) in [5.41, 5.74) is 2.99. The fourth-order valence-corrected chi connectivity index (χ4v) is 3.89. The highest BCUT2D eigenvalue weighted by Crippen LogP contribution is 2.31. The van der Waals surface area contributed by atoms with Crippen molar-refractivity contribution < 1.29 is 9.53 Å². The number of para-hydroxylation sites is 1. The number of carbonyl (C=O) groups is 1. The van der Waals surface area contributed by atoms with Crippen LogP contribution in [-0.2, 0) is 16.8 Å². The van der Waals surface area contributed by atoms with Crippen molar-refractivity contribution >= 4 is 23.4 Å². The van der Waals surface area contributed by atoms with E-state index in [1.54, 1.807) is 7.11 Å². The molecule has 1 aromatic heterocycles. The summed E-state index contributed by atoms with van der Waals surface area (Å²) in [6.07, 6.45) is 0. The van der Waals surface area contributed by atoms with Crippen LogP contribution in [0, 0.1) is 0 Å². The first-order chi connectivity index (χ1) is 14.3. The molecule has 0 spiro atoms. The lowest BCUT2D eigenvalue weighted by Crippen LogP contribution is -2.15. The Kier molecular flexibility index (Phi) is 6.82. The van der Waals surface area contributed by atoms with E-state index < -0.39 is 0 Å². The van der Waals surface area contributed by atoms with Crippen molar-refractivity contribution in [1.82, 2.24) is 14.8 Å². The number of methoxy groups -OCH3 is 1. The predicted octanol–water partition coefficient (Wildman–Crippen LogP) is 5.00. The van der Waals surface area contributed by atoms with Gasteiger partial charge in [0, 0.05) is 12.2 Å². The molecule has 30 heavy (non-hydrogen) atoms. The molecule has 0 saturated heterocycles. The quantitative estimate of drug-likeness (QED) is 0.541. The number of benzene rings is 2. The SMILES string of the molecule is CCn1c(SCC(=O)Nc2ccc(C(C)(C)C)cc2)nnc1-c1ccccc1OC. The van der Waals surface area contributed by atoms with Gasteiger partial charge in [-0.05, 0) is 42.2 Å². The highest BCUT2D eigenvalue weighted by atomic mass is 32.2. The van der Waals surface area contributed by atoms with E-state index in [4.69, 9.17) is 4.74 Å². The van der Waals surface area contributed by atoms with Crippen molar-refractivity contribution in [2.45, 2.75) is 44.8 Å². The van der Waals surface area contributed by atoms with Gasteiger partial charge in [-0.25, -0.2) is 0 Å². The third-order valence-corrected chi connectivity index (χ3v) is 5.71. The average Bonchev–Trinajstić information content (AvgIpc) is 3.14. The number of hydrogen-bond acceptors (Lipinski definition) is 5. The zero-order valence-corrected chi connectivity index (χ0v) is 18.9. The van der Waals surface area contributed by atoms with Crippen molar-refractivity contribution in [2.75, 3.05) is 18.2 Å². The number of thioether (sulfide) groups is 1. The summed E-state index contributed by atoms with van der Waals surface area (Å²) in [6, 6.07) is 15.7. The van der Waals surface area contributed by atoms with Crippen LogP contribution < -0.4 is 10.1 Å². The van der Waals surface area contributed by atoms with Crippen molar-refractivity contribution in [3.8, 4) is 17.1 Å². The maximum absolute atomic E-state index is 12.4. The normalized spacial score (nSPS) is 11.4. The van der Waals surface area contributed by atoms with Crippen LogP contribution in [0.3, 0.4) is 0 Å². The lowest BCUT2D eigenvalue weighted by Gasteiger charge is -2.19. The third-order valence-electron chi connectivity index (χ3n) is 4.75. The molecular formula is C23H28N4O2S. The fraction of sp³-hybridized carbons (Fsp3) is 0.348. The van der Waals surface area contributed by atoms with E-state index >= 15 is 0 Å². The highest BCUT2D eigenvalue weighted by molar-refractivity contribution is 7.99. The molecule has 0 radical (unpaired) electrons. The standard InChI is InChI=1S/C23H28N4O2S/c1-6-27-21(18-9-7-8-10-19(18)29-5)25-26-22(27)30-15-20(28)24-17-13-11-16(12-14-17)23(2,3)4/h7-14H,6,15H2,1-5H3,(H,24,28). The molecule has 1 amide bonds. The van der Waals surface area contributed by atoms with Crippen molar-refractivity contribution in [3.63, 3.8) is 0 Å². The number of hydrogen-bond donors (Lipinski definition) is 1. The molecule has 0 unspecified atom stereocenters. The van der Waals surface area contributed by atoms with Gasteiger partial charge in [-0.1, -0.05) is 56.8 Å². The number of ether oxygens (including phenoxy) is 1. The van der Waals surface area contributed by atoms with Gasteiger partial charge in [0.25, 0.3) is 0 Å². The van der Waals surface area contributed by atoms with Gasteiger partial charge in [0.1, 0.15) is 5.75 Å². The zero-order chi connectivity index (χ0) is 21.7. The number of carbonyl (C=O) groups excluding carboxylic acids is 1. The monoisotopic (exact) mass is 424 g/mol. The Morgan fingerprint density at radius 3 is 2.43 bits per heavy atom. The van der Waals surface area contributed by atoms with Gasteiger partial charge in [-0.3, -0.25) is 4.79 Å².